The molecule has 15 heteroatoms. The van der Waals surface area contributed by atoms with Gasteiger partial charge in [-0.25, -0.2) is 19.0 Å². The number of pyridine rings is 1. The van der Waals surface area contributed by atoms with Gasteiger partial charge in [0, 0.05) is 36.2 Å². The van der Waals surface area contributed by atoms with E-state index in [4.69, 9.17) is 24.5 Å². The summed E-state index contributed by atoms with van der Waals surface area (Å²) in [6.45, 7) is 2.23. The molecule has 0 amide bonds. The number of aromatic nitrogens is 1. The minimum atomic E-state index is -5.08. The summed E-state index contributed by atoms with van der Waals surface area (Å²) in [5, 5.41) is 14.2. The highest BCUT2D eigenvalue weighted by Gasteiger charge is 2.48. The fourth-order valence-corrected chi connectivity index (χ4v) is 4.30. The van der Waals surface area contributed by atoms with Gasteiger partial charge in [0.15, 0.2) is 5.82 Å². The van der Waals surface area contributed by atoms with Crippen LogP contribution >= 0.6 is 11.8 Å². The number of thioether (sulfide) groups is 1. The number of carboxylic acid groups (broad SMARTS) is 2. The van der Waals surface area contributed by atoms with Gasteiger partial charge >= 0.3 is 24.3 Å². The Labute approximate surface area is 175 Å². The van der Waals surface area contributed by atoms with E-state index in [1.54, 1.807) is 12.3 Å². The van der Waals surface area contributed by atoms with Crippen molar-refractivity contribution in [1.82, 2.24) is 9.88 Å². The van der Waals surface area contributed by atoms with Crippen molar-refractivity contribution < 1.29 is 55.3 Å². The first-order valence-electron chi connectivity index (χ1n) is 8.25. The Hall–Kier alpha value is -2.29. The maximum Gasteiger partial charge on any atom is 0.490 e. The summed E-state index contributed by atoms with van der Waals surface area (Å²) in [5.74, 6) is -4.81. The van der Waals surface area contributed by atoms with Crippen LogP contribution in [-0.2, 0) is 9.59 Å². The van der Waals surface area contributed by atoms with E-state index in [-0.39, 0.29) is 17.8 Å². The van der Waals surface area contributed by atoms with Gasteiger partial charge in [-0.3, -0.25) is 0 Å². The molecule has 0 saturated carbocycles. The lowest BCUT2D eigenvalue weighted by Gasteiger charge is -2.45. The number of carboxylic acids is 2. The molecule has 0 radical (unpaired) electrons. The topological polar surface area (TPSA) is 100.0 Å². The standard InChI is InChI=1S/C12H15FN2OS.2C2HF3O2/c1-15-7-12(8-15)5-9(6-17-12)16-11-10(13)3-2-4-14-11;2*3-2(4,5)1(6)7/h2-4,9H,5-8H2,1H3;2*(H,6,7). The molecule has 3 rings (SSSR count). The first-order chi connectivity index (χ1) is 14.1. The van der Waals surface area contributed by atoms with Crippen molar-refractivity contribution in [3.05, 3.63) is 24.1 Å². The molecule has 0 aromatic carbocycles. The van der Waals surface area contributed by atoms with Gasteiger partial charge in [0.05, 0.1) is 0 Å². The number of hydrogen-bond acceptors (Lipinski definition) is 6. The van der Waals surface area contributed by atoms with Gasteiger partial charge < -0.3 is 19.8 Å². The number of hydrogen-bond donors (Lipinski definition) is 2. The molecular weight excluding hydrogens is 465 g/mol. The van der Waals surface area contributed by atoms with E-state index in [2.05, 4.69) is 16.9 Å². The molecule has 1 aromatic rings. The highest BCUT2D eigenvalue weighted by molar-refractivity contribution is 8.01. The third-order valence-corrected chi connectivity index (χ3v) is 5.35. The second kappa shape index (κ2) is 10.3. The second-order valence-electron chi connectivity index (χ2n) is 6.51. The molecule has 31 heavy (non-hydrogen) atoms. The summed E-state index contributed by atoms with van der Waals surface area (Å²) < 4.78 is 82.9. The monoisotopic (exact) mass is 482 g/mol. The predicted molar refractivity (Wildman–Crippen MR) is 93.3 cm³/mol. The molecule has 1 spiro atoms. The number of carbonyl (C=O) groups is 2. The molecule has 2 aliphatic rings. The number of halogens is 7. The van der Waals surface area contributed by atoms with E-state index in [0.29, 0.717) is 4.75 Å². The molecule has 1 aromatic heterocycles. The maximum atomic E-state index is 13.4. The molecule has 176 valence electrons. The van der Waals surface area contributed by atoms with Crippen LogP contribution in [-0.4, -0.2) is 81.1 Å². The summed E-state index contributed by atoms with van der Waals surface area (Å²) in [6.07, 6.45) is -7.51. The Kier molecular flexibility index (Phi) is 8.93. The molecule has 3 heterocycles. The molecule has 1 unspecified atom stereocenters. The highest BCUT2D eigenvalue weighted by Crippen LogP contribution is 2.45. The average Bonchev–Trinajstić information content (AvgIpc) is 3.00. The van der Waals surface area contributed by atoms with E-state index >= 15 is 0 Å². The third kappa shape index (κ3) is 8.77. The van der Waals surface area contributed by atoms with E-state index in [9.17, 15) is 30.7 Å². The van der Waals surface area contributed by atoms with Crippen LogP contribution in [0.15, 0.2) is 18.3 Å². The van der Waals surface area contributed by atoms with Crippen LogP contribution in [0.3, 0.4) is 0 Å². The molecular formula is C16H17F7N2O5S. The van der Waals surface area contributed by atoms with Gasteiger partial charge in [-0.2, -0.15) is 26.3 Å². The van der Waals surface area contributed by atoms with Crippen LogP contribution in [0.4, 0.5) is 30.7 Å². The summed E-state index contributed by atoms with van der Waals surface area (Å²) in [5.41, 5.74) is 0. The zero-order chi connectivity index (χ0) is 24.0. The first kappa shape index (κ1) is 26.7. The lowest BCUT2D eigenvalue weighted by atomic mass is 9.94. The van der Waals surface area contributed by atoms with Crippen molar-refractivity contribution in [1.29, 1.82) is 0 Å². The molecule has 2 aliphatic heterocycles. The van der Waals surface area contributed by atoms with Gasteiger partial charge in [0.25, 0.3) is 5.88 Å². The number of rotatable bonds is 2. The van der Waals surface area contributed by atoms with Crippen molar-refractivity contribution >= 4 is 23.7 Å². The maximum absolute atomic E-state index is 13.4. The van der Waals surface area contributed by atoms with Crippen molar-refractivity contribution in [2.75, 3.05) is 25.9 Å². The SMILES string of the molecule is CN1CC2(CC(Oc3ncccc3F)CS2)C1.O=C(O)C(F)(F)F.O=C(O)C(F)(F)F. The van der Waals surface area contributed by atoms with Crippen LogP contribution < -0.4 is 4.74 Å². The van der Waals surface area contributed by atoms with E-state index in [1.807, 2.05) is 11.8 Å². The Bertz CT molecular complexity index is 745. The number of likely N-dealkylation sites (tertiary alicyclic amines) is 1. The number of ether oxygens (including phenoxy) is 1. The van der Waals surface area contributed by atoms with Crippen LogP contribution in [0.1, 0.15) is 6.42 Å². The zero-order valence-corrected chi connectivity index (χ0v) is 16.5. The quantitative estimate of drug-likeness (QED) is 0.621. The Morgan fingerprint density at radius 2 is 1.65 bits per heavy atom. The van der Waals surface area contributed by atoms with Gasteiger partial charge in [0.2, 0.25) is 0 Å². The van der Waals surface area contributed by atoms with Gasteiger partial charge in [0.1, 0.15) is 6.10 Å². The van der Waals surface area contributed by atoms with Crippen LogP contribution in [0, 0.1) is 5.82 Å². The fraction of sp³-hybridized carbons (Fsp3) is 0.562. The summed E-state index contributed by atoms with van der Waals surface area (Å²) in [7, 11) is 2.12. The zero-order valence-electron chi connectivity index (χ0n) is 15.7. The Morgan fingerprint density at radius 3 is 2.03 bits per heavy atom. The lowest BCUT2D eigenvalue weighted by molar-refractivity contribution is -0.193. The Balaban J connectivity index is 0.000000288. The number of nitrogens with zero attached hydrogens (tertiary/aromatic N) is 2. The second-order valence-corrected chi connectivity index (χ2v) is 7.99. The largest absolute Gasteiger partial charge is 0.490 e. The molecule has 2 fully saturated rings. The van der Waals surface area contributed by atoms with Crippen molar-refractivity contribution in [3.8, 4) is 5.88 Å². The molecule has 0 bridgehead atoms. The minimum Gasteiger partial charge on any atom is -0.475 e. The van der Waals surface area contributed by atoms with Crippen molar-refractivity contribution in [3.63, 3.8) is 0 Å². The van der Waals surface area contributed by atoms with Gasteiger partial charge in [-0.1, -0.05) is 0 Å². The molecule has 7 nitrogen and oxygen atoms in total. The summed E-state index contributed by atoms with van der Waals surface area (Å²) >= 11 is 1.95. The van der Waals surface area contributed by atoms with Crippen molar-refractivity contribution in [2.45, 2.75) is 29.6 Å². The van der Waals surface area contributed by atoms with E-state index in [1.165, 1.54) is 6.07 Å². The average molecular weight is 482 g/mol. The number of aliphatic carboxylic acids is 2. The smallest absolute Gasteiger partial charge is 0.475 e. The number of alkyl halides is 6. The summed E-state index contributed by atoms with van der Waals surface area (Å²) in [6, 6.07) is 2.96. The fourth-order valence-electron chi connectivity index (χ4n) is 2.65. The molecule has 2 saturated heterocycles. The normalized spacial score (nSPS) is 19.9. The third-order valence-electron chi connectivity index (χ3n) is 3.78. The minimum absolute atomic E-state index is 0.0955. The van der Waals surface area contributed by atoms with E-state index < -0.39 is 24.3 Å². The molecule has 2 N–H and O–H groups in total. The molecule has 0 aliphatic carbocycles. The first-order valence-corrected chi connectivity index (χ1v) is 9.24. The lowest BCUT2D eigenvalue weighted by Crippen LogP contribution is -2.56. The van der Waals surface area contributed by atoms with Gasteiger partial charge in [-0.15, -0.1) is 11.8 Å². The van der Waals surface area contributed by atoms with Crippen LogP contribution in [0.5, 0.6) is 5.88 Å². The molecule has 1 atom stereocenters. The van der Waals surface area contributed by atoms with Crippen LogP contribution in [0.2, 0.25) is 0 Å². The van der Waals surface area contributed by atoms with Crippen molar-refractivity contribution in [2.24, 2.45) is 0 Å². The summed E-state index contributed by atoms with van der Waals surface area (Å²) in [4.78, 5) is 24.0. The predicted octanol–water partition coefficient (Wildman–Crippen LogP) is 3.06. The van der Waals surface area contributed by atoms with Crippen LogP contribution in [0.25, 0.3) is 0 Å². The van der Waals surface area contributed by atoms with Gasteiger partial charge in [-0.05, 0) is 19.2 Å². The Morgan fingerprint density at radius 1 is 1.16 bits per heavy atom. The van der Waals surface area contributed by atoms with E-state index in [0.717, 1.165) is 25.3 Å². The highest BCUT2D eigenvalue weighted by atomic mass is 32.2.